The third-order valence-electron chi connectivity index (χ3n) is 6.66. The summed E-state index contributed by atoms with van der Waals surface area (Å²) in [6, 6.07) is 15.5. The zero-order chi connectivity index (χ0) is 24.5. The number of benzene rings is 2. The average Bonchev–Trinajstić information content (AvgIpc) is 3.67. The molecule has 0 unspecified atom stereocenters. The van der Waals surface area contributed by atoms with Crippen molar-refractivity contribution in [3.8, 4) is 11.3 Å². The van der Waals surface area contributed by atoms with Crippen molar-refractivity contribution in [1.29, 1.82) is 0 Å². The average molecular weight is 485 g/mol. The number of esters is 1. The molecule has 2 aromatic carbocycles. The summed E-state index contributed by atoms with van der Waals surface area (Å²) in [5.41, 5.74) is 4.29. The van der Waals surface area contributed by atoms with Crippen LogP contribution in [0, 0.1) is 5.92 Å². The van der Waals surface area contributed by atoms with Crippen molar-refractivity contribution in [2.24, 2.45) is 5.92 Å². The van der Waals surface area contributed by atoms with E-state index >= 15 is 0 Å². The number of morpholine rings is 1. The van der Waals surface area contributed by atoms with Gasteiger partial charge >= 0.3 is 5.97 Å². The molecule has 0 radical (unpaired) electrons. The molecule has 184 valence electrons. The van der Waals surface area contributed by atoms with Gasteiger partial charge in [-0.1, -0.05) is 12.1 Å². The van der Waals surface area contributed by atoms with E-state index in [0.29, 0.717) is 30.5 Å². The second-order valence-electron chi connectivity index (χ2n) is 9.28. The standard InChI is InChI=1S/C27H28N6O3/c1-35-26(34)19-6-8-22(9-7-19)29-25-15-23(30-27(31-25)32-10-12-36-13-11-32)20-4-5-21-16-28-33(24(21)14-20)17-18-2-3-18/h4-9,14-16,18H,2-3,10-13,17H2,1H3,(H,29,30,31). The number of nitrogens with one attached hydrogen (secondary N) is 1. The summed E-state index contributed by atoms with van der Waals surface area (Å²) < 4.78 is 12.4. The first kappa shape index (κ1) is 22.5. The van der Waals surface area contributed by atoms with Crippen LogP contribution in [0.1, 0.15) is 23.2 Å². The zero-order valence-electron chi connectivity index (χ0n) is 20.2. The molecule has 0 bridgehead atoms. The van der Waals surface area contributed by atoms with Gasteiger partial charge in [-0.05, 0) is 49.1 Å². The van der Waals surface area contributed by atoms with E-state index in [1.165, 1.54) is 20.0 Å². The molecule has 1 saturated heterocycles. The number of carbonyl (C=O) groups excluding carboxylic acids is 1. The van der Waals surface area contributed by atoms with Crippen LogP contribution < -0.4 is 10.2 Å². The van der Waals surface area contributed by atoms with E-state index in [-0.39, 0.29) is 5.97 Å². The number of anilines is 3. The molecule has 0 amide bonds. The second kappa shape index (κ2) is 9.58. The van der Waals surface area contributed by atoms with Crippen molar-refractivity contribution in [1.82, 2.24) is 19.7 Å². The van der Waals surface area contributed by atoms with Crippen molar-refractivity contribution in [3.05, 3.63) is 60.3 Å². The van der Waals surface area contributed by atoms with E-state index in [0.717, 1.165) is 53.4 Å². The van der Waals surface area contributed by atoms with Crippen molar-refractivity contribution in [2.45, 2.75) is 19.4 Å². The molecular formula is C27H28N6O3. The summed E-state index contributed by atoms with van der Waals surface area (Å²) in [4.78, 5) is 23.7. The molecule has 3 heterocycles. The lowest BCUT2D eigenvalue weighted by Gasteiger charge is -2.27. The topological polar surface area (TPSA) is 94.4 Å². The zero-order valence-corrected chi connectivity index (χ0v) is 20.2. The van der Waals surface area contributed by atoms with Gasteiger partial charge < -0.3 is 19.7 Å². The van der Waals surface area contributed by atoms with Crippen LogP contribution in [0.15, 0.2) is 54.7 Å². The van der Waals surface area contributed by atoms with Gasteiger partial charge in [-0.3, -0.25) is 4.68 Å². The number of ether oxygens (including phenoxy) is 2. The van der Waals surface area contributed by atoms with Crippen LogP contribution in [-0.2, 0) is 16.0 Å². The fourth-order valence-electron chi connectivity index (χ4n) is 4.43. The Bertz CT molecular complexity index is 1390. The fourth-order valence-corrected chi connectivity index (χ4v) is 4.43. The normalized spacial score (nSPS) is 15.8. The maximum absolute atomic E-state index is 11.8. The molecular weight excluding hydrogens is 456 g/mol. The van der Waals surface area contributed by atoms with Crippen molar-refractivity contribution >= 4 is 34.3 Å². The highest BCUT2D eigenvalue weighted by Crippen LogP contribution is 2.33. The molecule has 0 spiro atoms. The number of fused-ring (bicyclic) bond motifs is 1. The molecule has 1 N–H and O–H groups in total. The molecule has 1 aliphatic heterocycles. The van der Waals surface area contributed by atoms with Crippen LogP contribution in [0.5, 0.6) is 0 Å². The van der Waals surface area contributed by atoms with Crippen LogP contribution in [0.2, 0.25) is 0 Å². The summed E-state index contributed by atoms with van der Waals surface area (Å²) in [5.74, 6) is 1.72. The molecule has 2 aromatic heterocycles. The van der Waals surface area contributed by atoms with Gasteiger partial charge in [0.2, 0.25) is 5.95 Å². The van der Waals surface area contributed by atoms with Gasteiger partial charge in [0, 0.05) is 42.3 Å². The largest absolute Gasteiger partial charge is 0.465 e. The minimum absolute atomic E-state index is 0.364. The Morgan fingerprint density at radius 3 is 2.64 bits per heavy atom. The number of aromatic nitrogens is 4. The molecule has 1 saturated carbocycles. The van der Waals surface area contributed by atoms with E-state index in [2.05, 4.69) is 38.2 Å². The van der Waals surface area contributed by atoms with Gasteiger partial charge in [0.1, 0.15) is 5.82 Å². The number of methoxy groups -OCH3 is 1. The van der Waals surface area contributed by atoms with Crippen LogP contribution in [0.3, 0.4) is 0 Å². The molecule has 2 fully saturated rings. The lowest BCUT2D eigenvalue weighted by atomic mass is 10.1. The minimum atomic E-state index is -0.364. The number of hydrogen-bond donors (Lipinski definition) is 1. The summed E-state index contributed by atoms with van der Waals surface area (Å²) in [6.07, 6.45) is 4.50. The summed E-state index contributed by atoms with van der Waals surface area (Å²) in [7, 11) is 1.38. The maximum atomic E-state index is 11.8. The van der Waals surface area contributed by atoms with Crippen molar-refractivity contribution in [2.75, 3.05) is 43.6 Å². The molecule has 0 atom stereocenters. The van der Waals surface area contributed by atoms with Crippen molar-refractivity contribution in [3.63, 3.8) is 0 Å². The first-order valence-electron chi connectivity index (χ1n) is 12.3. The third kappa shape index (κ3) is 4.74. The van der Waals surface area contributed by atoms with E-state index in [1.54, 1.807) is 12.1 Å². The highest BCUT2D eigenvalue weighted by molar-refractivity contribution is 5.90. The summed E-state index contributed by atoms with van der Waals surface area (Å²) in [6.45, 7) is 3.74. The van der Waals surface area contributed by atoms with Crippen LogP contribution in [0.25, 0.3) is 22.2 Å². The summed E-state index contributed by atoms with van der Waals surface area (Å²) >= 11 is 0. The van der Waals surface area contributed by atoms with Gasteiger partial charge in [-0.15, -0.1) is 0 Å². The molecule has 4 aromatic rings. The monoisotopic (exact) mass is 484 g/mol. The Kier molecular flexibility index (Phi) is 5.98. The first-order valence-corrected chi connectivity index (χ1v) is 12.3. The number of carbonyl (C=O) groups is 1. The lowest BCUT2D eigenvalue weighted by molar-refractivity contribution is 0.0600. The Balaban J connectivity index is 1.35. The predicted molar refractivity (Wildman–Crippen MR) is 138 cm³/mol. The smallest absolute Gasteiger partial charge is 0.337 e. The number of rotatable bonds is 7. The molecule has 36 heavy (non-hydrogen) atoms. The second-order valence-corrected chi connectivity index (χ2v) is 9.28. The SMILES string of the molecule is COC(=O)c1ccc(Nc2cc(-c3ccc4cnn(CC5CC5)c4c3)nc(N3CCOCC3)n2)cc1. The van der Waals surface area contributed by atoms with Crippen LogP contribution in [-0.4, -0.2) is 59.1 Å². The van der Waals surface area contributed by atoms with Gasteiger partial charge in [0.05, 0.1) is 43.3 Å². The maximum Gasteiger partial charge on any atom is 0.337 e. The van der Waals surface area contributed by atoms with Gasteiger partial charge in [-0.2, -0.15) is 10.1 Å². The predicted octanol–water partition coefficient (Wildman–Crippen LogP) is 4.27. The van der Waals surface area contributed by atoms with Gasteiger partial charge in [0.25, 0.3) is 0 Å². The minimum Gasteiger partial charge on any atom is -0.465 e. The van der Waals surface area contributed by atoms with E-state index in [4.69, 9.17) is 19.4 Å². The van der Waals surface area contributed by atoms with Crippen molar-refractivity contribution < 1.29 is 14.3 Å². The van der Waals surface area contributed by atoms with E-state index < -0.39 is 0 Å². The third-order valence-corrected chi connectivity index (χ3v) is 6.66. The summed E-state index contributed by atoms with van der Waals surface area (Å²) in [5, 5.41) is 9.12. The molecule has 9 nitrogen and oxygen atoms in total. The van der Waals surface area contributed by atoms with Crippen LogP contribution in [0.4, 0.5) is 17.5 Å². The molecule has 9 heteroatoms. The first-order chi connectivity index (χ1) is 17.7. The molecule has 1 aliphatic carbocycles. The quantitative estimate of drug-likeness (QED) is 0.389. The fraction of sp³-hybridized carbons (Fsp3) is 0.333. The van der Waals surface area contributed by atoms with Gasteiger partial charge in [0.15, 0.2) is 0 Å². The molecule has 2 aliphatic rings. The number of hydrogen-bond acceptors (Lipinski definition) is 8. The molecule has 6 rings (SSSR count). The Morgan fingerprint density at radius 1 is 1.08 bits per heavy atom. The number of nitrogens with zero attached hydrogens (tertiary/aromatic N) is 5. The van der Waals surface area contributed by atoms with E-state index in [9.17, 15) is 4.79 Å². The highest BCUT2D eigenvalue weighted by Gasteiger charge is 2.23. The Hall–Kier alpha value is -3.98. The Labute approximate surface area is 209 Å². The van der Waals surface area contributed by atoms with E-state index in [1.807, 2.05) is 24.4 Å². The lowest BCUT2D eigenvalue weighted by Crippen LogP contribution is -2.37. The van der Waals surface area contributed by atoms with Crippen LogP contribution >= 0.6 is 0 Å². The highest BCUT2D eigenvalue weighted by atomic mass is 16.5. The Morgan fingerprint density at radius 2 is 1.89 bits per heavy atom. The van der Waals surface area contributed by atoms with Gasteiger partial charge in [-0.25, -0.2) is 9.78 Å².